The number of carbonyl (C=O) groups excluding carboxylic acids is 1. The Morgan fingerprint density at radius 2 is 1.94 bits per heavy atom. The Kier molecular flexibility index (Phi) is 6.83. The second kappa shape index (κ2) is 9.58. The first-order valence-corrected chi connectivity index (χ1v) is 12.0. The van der Waals surface area contributed by atoms with E-state index in [2.05, 4.69) is 22.8 Å². The lowest BCUT2D eigenvalue weighted by molar-refractivity contribution is -0.117. The number of nitrogens with zero attached hydrogens (tertiary/aromatic N) is 1. The molecule has 2 aromatic carbocycles. The molecule has 0 aromatic heterocycles. The van der Waals surface area contributed by atoms with Gasteiger partial charge in [0, 0.05) is 34.9 Å². The minimum Gasteiger partial charge on any atom is -0.357 e. The lowest BCUT2D eigenvalue weighted by Gasteiger charge is -2.32. The van der Waals surface area contributed by atoms with Crippen LogP contribution in [0.2, 0.25) is 5.02 Å². The van der Waals surface area contributed by atoms with Crippen LogP contribution in [0.15, 0.2) is 42.5 Å². The molecule has 2 fully saturated rings. The second-order valence-electron chi connectivity index (χ2n) is 8.81. The first-order chi connectivity index (χ1) is 15.0. The number of carbonyl (C=O) groups is 1. The first kappa shape index (κ1) is 22.1. The van der Waals surface area contributed by atoms with Crippen molar-refractivity contribution in [2.75, 3.05) is 16.8 Å². The van der Waals surface area contributed by atoms with Gasteiger partial charge in [-0.15, -0.1) is 0 Å². The molecule has 1 saturated heterocycles. The van der Waals surface area contributed by atoms with Gasteiger partial charge < -0.3 is 15.5 Å². The van der Waals surface area contributed by atoms with Crippen LogP contribution >= 0.6 is 23.8 Å². The number of rotatable bonds is 6. The Hall–Kier alpha value is -2.11. The topological polar surface area (TPSA) is 44.4 Å². The van der Waals surface area contributed by atoms with Crippen LogP contribution in [0.1, 0.15) is 56.1 Å². The molecule has 31 heavy (non-hydrogen) atoms. The van der Waals surface area contributed by atoms with Crippen molar-refractivity contribution >= 4 is 46.2 Å². The highest BCUT2D eigenvalue weighted by Gasteiger charge is 2.34. The zero-order valence-corrected chi connectivity index (χ0v) is 19.6. The van der Waals surface area contributed by atoms with Crippen LogP contribution in [-0.4, -0.2) is 23.1 Å². The summed E-state index contributed by atoms with van der Waals surface area (Å²) >= 11 is 12.1. The van der Waals surface area contributed by atoms with Gasteiger partial charge in [-0.25, -0.2) is 0 Å². The molecule has 1 aliphatic heterocycles. The van der Waals surface area contributed by atoms with E-state index < -0.39 is 0 Å². The van der Waals surface area contributed by atoms with Gasteiger partial charge in [-0.1, -0.05) is 42.6 Å². The quantitative estimate of drug-likeness (QED) is 0.523. The molecule has 1 saturated carbocycles. The number of hydrogen-bond donors (Lipinski definition) is 2. The Morgan fingerprint density at radius 1 is 1.16 bits per heavy atom. The van der Waals surface area contributed by atoms with E-state index in [0.717, 1.165) is 60.6 Å². The van der Waals surface area contributed by atoms with Crippen LogP contribution in [0.3, 0.4) is 0 Å². The predicted octanol–water partition coefficient (Wildman–Crippen LogP) is 6.01. The Labute approximate surface area is 195 Å². The molecule has 1 aliphatic carbocycles. The summed E-state index contributed by atoms with van der Waals surface area (Å²) in [6.07, 6.45) is 8.20. The normalized spacial score (nSPS) is 17.7. The number of thiocarbonyl (C=S) groups is 1. The van der Waals surface area contributed by atoms with Gasteiger partial charge in [-0.2, -0.15) is 0 Å². The highest BCUT2D eigenvalue weighted by molar-refractivity contribution is 7.80. The van der Waals surface area contributed by atoms with E-state index in [1.165, 1.54) is 18.4 Å². The van der Waals surface area contributed by atoms with Crippen molar-refractivity contribution in [1.82, 2.24) is 5.32 Å². The summed E-state index contributed by atoms with van der Waals surface area (Å²) in [7, 11) is 0. The molecule has 0 atom stereocenters. The van der Waals surface area contributed by atoms with Crippen molar-refractivity contribution in [3.8, 4) is 0 Å². The summed E-state index contributed by atoms with van der Waals surface area (Å²) in [5.74, 6) is 0.211. The lowest BCUT2D eigenvalue weighted by atomic mass is 9.89. The molecule has 4 rings (SSSR count). The number of nitrogens with one attached hydrogen (secondary N) is 2. The number of halogens is 1. The minimum atomic E-state index is 0.0141. The molecule has 0 radical (unpaired) electrons. The molecule has 0 unspecified atom stereocenters. The van der Waals surface area contributed by atoms with E-state index in [0.29, 0.717) is 11.5 Å². The maximum atomic E-state index is 12.1. The highest BCUT2D eigenvalue weighted by atomic mass is 35.5. The minimum absolute atomic E-state index is 0.0141. The van der Waals surface area contributed by atoms with Crippen LogP contribution in [0.5, 0.6) is 0 Å². The summed E-state index contributed by atoms with van der Waals surface area (Å²) in [5, 5.41) is 8.50. The second-order valence-corrected chi connectivity index (χ2v) is 9.62. The third-order valence-electron chi connectivity index (χ3n) is 6.59. The van der Waals surface area contributed by atoms with E-state index in [4.69, 9.17) is 23.8 Å². The van der Waals surface area contributed by atoms with Crippen molar-refractivity contribution in [2.45, 2.75) is 63.8 Å². The van der Waals surface area contributed by atoms with Crippen LogP contribution in [0.25, 0.3) is 0 Å². The van der Waals surface area contributed by atoms with Gasteiger partial charge in [0.25, 0.3) is 0 Å². The molecule has 2 aliphatic rings. The van der Waals surface area contributed by atoms with E-state index in [9.17, 15) is 4.79 Å². The molecule has 2 N–H and O–H groups in total. The summed E-state index contributed by atoms with van der Waals surface area (Å²) in [5.41, 5.74) is 4.24. The van der Waals surface area contributed by atoms with E-state index >= 15 is 0 Å². The lowest BCUT2D eigenvalue weighted by Crippen LogP contribution is -2.48. The SMILES string of the molecule is Cc1cc(NC(=S)NC2(CCc3ccccc3Cl)CCCC2)ccc1N1CCCC1=O. The molecule has 4 nitrogen and oxygen atoms in total. The molecule has 1 amide bonds. The Bertz CT molecular complexity index is 971. The van der Waals surface area contributed by atoms with E-state index in [-0.39, 0.29) is 11.4 Å². The monoisotopic (exact) mass is 455 g/mol. The molecule has 0 spiro atoms. The summed E-state index contributed by atoms with van der Waals surface area (Å²) in [6.45, 7) is 2.85. The largest absolute Gasteiger partial charge is 0.357 e. The van der Waals surface area contributed by atoms with Gasteiger partial charge in [0.15, 0.2) is 5.11 Å². The van der Waals surface area contributed by atoms with Crippen molar-refractivity contribution in [3.05, 3.63) is 58.6 Å². The summed E-state index contributed by atoms with van der Waals surface area (Å²) < 4.78 is 0. The standard InChI is InChI=1S/C25H30ClN3OS/c1-18-17-20(10-11-22(18)29-16-6-9-23(29)30)27-24(31)28-25(13-4-5-14-25)15-12-19-7-2-3-8-21(19)26/h2-3,7-8,10-11,17H,4-6,9,12-16H2,1H3,(H2,27,28,31). The summed E-state index contributed by atoms with van der Waals surface area (Å²) in [6, 6.07) is 14.2. The van der Waals surface area contributed by atoms with Gasteiger partial charge in [-0.05, 0) is 86.6 Å². The van der Waals surface area contributed by atoms with Crippen LogP contribution < -0.4 is 15.5 Å². The van der Waals surface area contributed by atoms with Gasteiger partial charge in [0.1, 0.15) is 0 Å². The van der Waals surface area contributed by atoms with Crippen molar-refractivity contribution in [3.63, 3.8) is 0 Å². The smallest absolute Gasteiger partial charge is 0.227 e. The number of benzene rings is 2. The maximum Gasteiger partial charge on any atom is 0.227 e. The van der Waals surface area contributed by atoms with Gasteiger partial charge in [-0.3, -0.25) is 4.79 Å². The maximum absolute atomic E-state index is 12.1. The van der Waals surface area contributed by atoms with Gasteiger partial charge in [0.05, 0.1) is 0 Å². The molecular weight excluding hydrogens is 426 g/mol. The number of hydrogen-bond acceptors (Lipinski definition) is 2. The van der Waals surface area contributed by atoms with Crippen LogP contribution in [0, 0.1) is 6.92 Å². The van der Waals surface area contributed by atoms with Gasteiger partial charge in [0.2, 0.25) is 5.91 Å². The number of anilines is 2. The third kappa shape index (κ3) is 5.21. The molecule has 1 heterocycles. The van der Waals surface area contributed by atoms with Gasteiger partial charge >= 0.3 is 0 Å². The molecular formula is C25H30ClN3OS. The summed E-state index contributed by atoms with van der Waals surface area (Å²) in [4.78, 5) is 14.0. The molecule has 164 valence electrons. The fourth-order valence-corrected chi connectivity index (χ4v) is 5.47. The average Bonchev–Trinajstić information content (AvgIpc) is 3.37. The zero-order valence-electron chi connectivity index (χ0n) is 18.0. The van der Waals surface area contributed by atoms with Crippen molar-refractivity contribution in [1.29, 1.82) is 0 Å². The van der Waals surface area contributed by atoms with Crippen molar-refractivity contribution in [2.24, 2.45) is 0 Å². The number of aryl methyl sites for hydroxylation is 2. The van der Waals surface area contributed by atoms with Crippen LogP contribution in [-0.2, 0) is 11.2 Å². The van der Waals surface area contributed by atoms with Crippen molar-refractivity contribution < 1.29 is 4.79 Å². The predicted molar refractivity (Wildman–Crippen MR) is 133 cm³/mol. The molecule has 0 bridgehead atoms. The van der Waals surface area contributed by atoms with E-state index in [1.54, 1.807) is 0 Å². The molecule has 6 heteroatoms. The fourth-order valence-electron chi connectivity index (χ4n) is 4.91. The molecule has 2 aromatic rings. The Morgan fingerprint density at radius 3 is 2.61 bits per heavy atom. The zero-order chi connectivity index (χ0) is 21.8. The fraction of sp³-hybridized carbons (Fsp3) is 0.440. The highest BCUT2D eigenvalue weighted by Crippen LogP contribution is 2.35. The number of amides is 1. The first-order valence-electron chi connectivity index (χ1n) is 11.2. The third-order valence-corrected chi connectivity index (χ3v) is 7.16. The van der Waals surface area contributed by atoms with Crippen LogP contribution in [0.4, 0.5) is 11.4 Å². The Balaban J connectivity index is 1.40. The average molecular weight is 456 g/mol. The van der Waals surface area contributed by atoms with E-state index in [1.807, 2.05) is 42.2 Å².